The number of benzene rings is 1. The Hall–Kier alpha value is -2.50. The minimum absolute atomic E-state index is 0.00394. The van der Waals surface area contributed by atoms with Crippen LogP contribution in [0.4, 0.5) is 10.1 Å². The Morgan fingerprint density at radius 2 is 1.81 bits per heavy atom. The molecule has 1 amide bonds. The SMILES string of the molecule is Cc1ncc(C(=O)N2CCCC23CN(c2ccc(F)cc2)C(C)(C)C3)cn1. The van der Waals surface area contributed by atoms with Gasteiger partial charge in [0.2, 0.25) is 0 Å². The van der Waals surface area contributed by atoms with Gasteiger partial charge in [0.05, 0.1) is 11.1 Å². The number of nitrogens with zero attached hydrogens (tertiary/aromatic N) is 4. The summed E-state index contributed by atoms with van der Waals surface area (Å²) in [5, 5.41) is 0. The molecular formula is C21H25FN4O. The highest BCUT2D eigenvalue weighted by Gasteiger charge is 2.54. The number of aryl methyl sites for hydroxylation is 1. The smallest absolute Gasteiger partial charge is 0.257 e. The van der Waals surface area contributed by atoms with Crippen molar-refractivity contribution in [3.05, 3.63) is 53.9 Å². The Kier molecular flexibility index (Phi) is 4.17. The van der Waals surface area contributed by atoms with Crippen molar-refractivity contribution in [1.29, 1.82) is 0 Å². The summed E-state index contributed by atoms with van der Waals surface area (Å²) in [5.74, 6) is 0.430. The highest BCUT2D eigenvalue weighted by atomic mass is 19.1. The van der Waals surface area contributed by atoms with Gasteiger partial charge in [0.25, 0.3) is 5.91 Å². The molecule has 2 aromatic rings. The molecule has 0 aliphatic carbocycles. The van der Waals surface area contributed by atoms with Gasteiger partial charge in [-0.1, -0.05) is 0 Å². The molecule has 6 heteroatoms. The number of carbonyl (C=O) groups excluding carboxylic acids is 1. The van der Waals surface area contributed by atoms with Crippen molar-refractivity contribution in [3.8, 4) is 0 Å². The van der Waals surface area contributed by atoms with Gasteiger partial charge in [0.1, 0.15) is 11.6 Å². The Labute approximate surface area is 159 Å². The summed E-state index contributed by atoms with van der Waals surface area (Å²) >= 11 is 0. The highest BCUT2D eigenvalue weighted by Crippen LogP contribution is 2.47. The average Bonchev–Trinajstić information content (AvgIpc) is 3.15. The number of likely N-dealkylation sites (tertiary alicyclic amines) is 1. The summed E-state index contributed by atoms with van der Waals surface area (Å²) in [6.45, 7) is 7.71. The zero-order valence-electron chi connectivity index (χ0n) is 16.1. The molecule has 0 radical (unpaired) electrons. The first-order chi connectivity index (χ1) is 12.8. The van der Waals surface area contributed by atoms with Gasteiger partial charge in [-0.05, 0) is 64.3 Å². The fourth-order valence-electron chi connectivity index (χ4n) is 4.79. The van der Waals surface area contributed by atoms with Crippen LogP contribution >= 0.6 is 0 Å². The number of halogens is 1. The molecule has 2 aliphatic rings. The van der Waals surface area contributed by atoms with E-state index in [-0.39, 0.29) is 22.8 Å². The van der Waals surface area contributed by atoms with Crippen LogP contribution in [0.15, 0.2) is 36.7 Å². The van der Waals surface area contributed by atoms with Gasteiger partial charge in [-0.25, -0.2) is 14.4 Å². The molecule has 1 aromatic carbocycles. The van der Waals surface area contributed by atoms with Crippen LogP contribution in [0.5, 0.6) is 0 Å². The second-order valence-corrected chi connectivity index (χ2v) is 8.36. The Balaban J connectivity index is 1.64. The summed E-state index contributed by atoms with van der Waals surface area (Å²) in [4.78, 5) is 25.9. The third-order valence-corrected chi connectivity index (χ3v) is 5.95. The van der Waals surface area contributed by atoms with Crippen molar-refractivity contribution in [3.63, 3.8) is 0 Å². The molecule has 1 unspecified atom stereocenters. The van der Waals surface area contributed by atoms with Crippen molar-refractivity contribution < 1.29 is 9.18 Å². The van der Waals surface area contributed by atoms with E-state index < -0.39 is 0 Å². The monoisotopic (exact) mass is 368 g/mol. The maximum absolute atomic E-state index is 13.4. The third-order valence-electron chi connectivity index (χ3n) is 5.95. The quantitative estimate of drug-likeness (QED) is 0.813. The lowest BCUT2D eigenvalue weighted by Gasteiger charge is -2.35. The molecule has 2 saturated heterocycles. The van der Waals surface area contributed by atoms with Gasteiger partial charge in [-0.2, -0.15) is 0 Å². The number of hydrogen-bond donors (Lipinski definition) is 0. The first-order valence-electron chi connectivity index (χ1n) is 9.45. The van der Waals surface area contributed by atoms with Crippen LogP contribution in [0.3, 0.4) is 0 Å². The van der Waals surface area contributed by atoms with E-state index in [2.05, 4.69) is 28.7 Å². The predicted octanol–water partition coefficient (Wildman–Crippen LogP) is 3.59. The second kappa shape index (κ2) is 6.29. The molecule has 0 bridgehead atoms. The molecule has 2 aliphatic heterocycles. The predicted molar refractivity (Wildman–Crippen MR) is 102 cm³/mol. The van der Waals surface area contributed by atoms with Crippen LogP contribution in [0.1, 0.15) is 49.3 Å². The Morgan fingerprint density at radius 3 is 2.48 bits per heavy atom. The van der Waals surface area contributed by atoms with E-state index >= 15 is 0 Å². The summed E-state index contributed by atoms with van der Waals surface area (Å²) in [5.41, 5.74) is 1.21. The number of carbonyl (C=O) groups is 1. The molecule has 27 heavy (non-hydrogen) atoms. The number of amides is 1. The van der Waals surface area contributed by atoms with Crippen molar-refractivity contribution >= 4 is 11.6 Å². The molecule has 142 valence electrons. The lowest BCUT2D eigenvalue weighted by atomic mass is 9.87. The summed E-state index contributed by atoms with van der Waals surface area (Å²) in [6, 6.07) is 6.64. The minimum atomic E-state index is -0.234. The van der Waals surface area contributed by atoms with Crippen LogP contribution < -0.4 is 4.90 Å². The van der Waals surface area contributed by atoms with E-state index in [0.717, 1.165) is 38.0 Å². The van der Waals surface area contributed by atoms with E-state index in [9.17, 15) is 9.18 Å². The van der Waals surface area contributed by atoms with Crippen molar-refractivity contribution in [2.75, 3.05) is 18.0 Å². The first kappa shape index (κ1) is 17.9. The van der Waals surface area contributed by atoms with E-state index in [0.29, 0.717) is 11.4 Å². The van der Waals surface area contributed by atoms with Gasteiger partial charge in [-0.15, -0.1) is 0 Å². The number of hydrogen-bond acceptors (Lipinski definition) is 4. The van der Waals surface area contributed by atoms with Gasteiger partial charge in [0.15, 0.2) is 0 Å². The van der Waals surface area contributed by atoms with E-state index in [1.807, 2.05) is 24.0 Å². The van der Waals surface area contributed by atoms with Gasteiger partial charge >= 0.3 is 0 Å². The molecule has 1 atom stereocenters. The lowest BCUT2D eigenvalue weighted by Crippen LogP contribution is -2.49. The fraction of sp³-hybridized carbons (Fsp3) is 0.476. The number of anilines is 1. The van der Waals surface area contributed by atoms with Crippen LogP contribution in [-0.4, -0.2) is 44.9 Å². The van der Waals surface area contributed by atoms with Crippen LogP contribution in [-0.2, 0) is 0 Å². The van der Waals surface area contributed by atoms with Crippen molar-refractivity contribution in [1.82, 2.24) is 14.9 Å². The number of rotatable bonds is 2. The van der Waals surface area contributed by atoms with Crippen LogP contribution in [0.25, 0.3) is 0 Å². The van der Waals surface area contributed by atoms with Gasteiger partial charge < -0.3 is 9.80 Å². The zero-order valence-corrected chi connectivity index (χ0v) is 16.1. The topological polar surface area (TPSA) is 49.3 Å². The molecule has 2 fully saturated rings. The van der Waals surface area contributed by atoms with E-state index in [1.165, 1.54) is 12.1 Å². The van der Waals surface area contributed by atoms with E-state index in [1.54, 1.807) is 12.4 Å². The molecular weight excluding hydrogens is 343 g/mol. The fourth-order valence-corrected chi connectivity index (χ4v) is 4.79. The molecule has 4 rings (SSSR count). The normalized spacial score (nSPS) is 24.0. The zero-order chi connectivity index (χ0) is 19.2. The molecule has 5 nitrogen and oxygen atoms in total. The summed E-state index contributed by atoms with van der Waals surface area (Å²) in [7, 11) is 0. The molecule has 3 heterocycles. The molecule has 0 N–H and O–H groups in total. The van der Waals surface area contributed by atoms with Crippen LogP contribution in [0, 0.1) is 12.7 Å². The largest absolute Gasteiger partial charge is 0.364 e. The van der Waals surface area contributed by atoms with E-state index in [4.69, 9.17) is 0 Å². The Bertz CT molecular complexity index is 849. The first-order valence-corrected chi connectivity index (χ1v) is 9.45. The molecule has 1 spiro atoms. The van der Waals surface area contributed by atoms with Crippen molar-refractivity contribution in [2.24, 2.45) is 0 Å². The number of aromatic nitrogens is 2. The standard InChI is InChI=1S/C21H25FN4O/c1-15-23-11-16(12-24-15)19(27)25-10-4-9-21(25)13-20(2,3)26(14-21)18-7-5-17(22)6-8-18/h5-8,11-12H,4,9-10,13-14H2,1-3H3. The minimum Gasteiger partial charge on any atom is -0.364 e. The van der Waals surface area contributed by atoms with Crippen molar-refractivity contribution in [2.45, 2.75) is 51.1 Å². The molecule has 0 saturated carbocycles. The highest BCUT2D eigenvalue weighted by molar-refractivity contribution is 5.94. The lowest BCUT2D eigenvalue weighted by molar-refractivity contribution is 0.0616. The van der Waals surface area contributed by atoms with Gasteiger partial charge in [-0.3, -0.25) is 4.79 Å². The average molecular weight is 368 g/mol. The second-order valence-electron chi connectivity index (χ2n) is 8.36. The summed E-state index contributed by atoms with van der Waals surface area (Å²) in [6.07, 6.45) is 6.09. The molecule has 1 aromatic heterocycles. The maximum Gasteiger partial charge on any atom is 0.257 e. The van der Waals surface area contributed by atoms with Crippen LogP contribution in [0.2, 0.25) is 0 Å². The van der Waals surface area contributed by atoms with Gasteiger partial charge in [0, 0.05) is 36.7 Å². The summed E-state index contributed by atoms with van der Waals surface area (Å²) < 4.78 is 13.4. The maximum atomic E-state index is 13.4. The third kappa shape index (κ3) is 3.07. The Morgan fingerprint density at radius 1 is 1.15 bits per heavy atom.